The molecule has 0 aliphatic heterocycles. The topological polar surface area (TPSA) is 77.2 Å². The normalized spacial score (nSPS) is 10.1. The lowest BCUT2D eigenvalue weighted by Crippen LogP contribution is -2.16. The first-order chi connectivity index (χ1) is 9.74. The van der Waals surface area contributed by atoms with Crippen LogP contribution < -0.4 is 15.8 Å². The van der Waals surface area contributed by atoms with E-state index in [9.17, 15) is 4.79 Å². The molecular formula is C15H17N3O2. The van der Waals surface area contributed by atoms with Crippen LogP contribution in [0.1, 0.15) is 11.1 Å². The number of ether oxygens (including phenoxy) is 1. The van der Waals surface area contributed by atoms with E-state index in [0.717, 1.165) is 11.1 Å². The fourth-order valence-corrected chi connectivity index (χ4v) is 1.95. The number of rotatable bonds is 5. The van der Waals surface area contributed by atoms with E-state index in [1.807, 2.05) is 24.3 Å². The summed E-state index contributed by atoms with van der Waals surface area (Å²) in [6.45, 7) is 0.416. The maximum Gasteiger partial charge on any atom is 0.237 e. The average molecular weight is 271 g/mol. The van der Waals surface area contributed by atoms with E-state index < -0.39 is 0 Å². The van der Waals surface area contributed by atoms with Crippen molar-refractivity contribution in [3.63, 3.8) is 0 Å². The van der Waals surface area contributed by atoms with Crippen LogP contribution in [0.2, 0.25) is 0 Å². The highest BCUT2D eigenvalue weighted by Crippen LogP contribution is 2.20. The first kappa shape index (κ1) is 14.0. The zero-order valence-corrected chi connectivity index (χ0v) is 11.3. The highest BCUT2D eigenvalue weighted by Gasteiger charge is 2.10. The van der Waals surface area contributed by atoms with Crippen LogP contribution in [0.4, 0.5) is 5.69 Å². The number of hydrogen-bond donors (Lipinski definition) is 2. The highest BCUT2D eigenvalue weighted by atomic mass is 16.5. The SMILES string of the molecule is COc1ncccc1NC(=O)Cc1ccccc1CN. The zero-order valence-electron chi connectivity index (χ0n) is 11.3. The van der Waals surface area contributed by atoms with E-state index in [4.69, 9.17) is 10.5 Å². The van der Waals surface area contributed by atoms with Crippen molar-refractivity contribution in [2.75, 3.05) is 12.4 Å². The summed E-state index contributed by atoms with van der Waals surface area (Å²) in [4.78, 5) is 16.1. The summed E-state index contributed by atoms with van der Waals surface area (Å²) in [5, 5.41) is 2.79. The summed E-state index contributed by atoms with van der Waals surface area (Å²) in [6, 6.07) is 11.1. The molecule has 0 saturated heterocycles. The number of amides is 1. The van der Waals surface area contributed by atoms with Crippen LogP contribution in [0.25, 0.3) is 0 Å². The molecule has 0 unspecified atom stereocenters. The monoisotopic (exact) mass is 271 g/mol. The molecular weight excluding hydrogens is 254 g/mol. The summed E-state index contributed by atoms with van der Waals surface area (Å²) < 4.78 is 5.10. The molecule has 1 amide bonds. The van der Waals surface area contributed by atoms with Crippen molar-refractivity contribution in [1.29, 1.82) is 0 Å². The van der Waals surface area contributed by atoms with Gasteiger partial charge in [-0.25, -0.2) is 4.98 Å². The quantitative estimate of drug-likeness (QED) is 0.868. The second kappa shape index (κ2) is 6.68. The molecule has 20 heavy (non-hydrogen) atoms. The zero-order chi connectivity index (χ0) is 14.4. The molecule has 0 atom stereocenters. The van der Waals surface area contributed by atoms with Gasteiger partial charge in [-0.2, -0.15) is 0 Å². The van der Waals surface area contributed by atoms with Crippen molar-refractivity contribution in [3.05, 3.63) is 53.7 Å². The first-order valence-corrected chi connectivity index (χ1v) is 6.30. The molecule has 0 aliphatic carbocycles. The number of pyridine rings is 1. The van der Waals surface area contributed by atoms with Gasteiger partial charge in [0.25, 0.3) is 0 Å². The number of carbonyl (C=O) groups excluding carboxylic acids is 1. The van der Waals surface area contributed by atoms with Crippen molar-refractivity contribution in [3.8, 4) is 5.88 Å². The van der Waals surface area contributed by atoms with Gasteiger partial charge >= 0.3 is 0 Å². The third kappa shape index (κ3) is 3.33. The van der Waals surface area contributed by atoms with Crippen LogP contribution >= 0.6 is 0 Å². The van der Waals surface area contributed by atoms with Gasteiger partial charge in [0, 0.05) is 12.7 Å². The molecule has 1 aromatic carbocycles. The van der Waals surface area contributed by atoms with Crippen molar-refractivity contribution in [2.45, 2.75) is 13.0 Å². The number of nitrogens with two attached hydrogens (primary N) is 1. The minimum atomic E-state index is -0.128. The van der Waals surface area contributed by atoms with Gasteiger partial charge in [-0.1, -0.05) is 24.3 Å². The predicted octanol–water partition coefficient (Wildman–Crippen LogP) is 1.73. The lowest BCUT2D eigenvalue weighted by Gasteiger charge is -2.10. The van der Waals surface area contributed by atoms with E-state index in [-0.39, 0.29) is 12.3 Å². The van der Waals surface area contributed by atoms with Crippen molar-refractivity contribution in [2.24, 2.45) is 5.73 Å². The largest absolute Gasteiger partial charge is 0.480 e. The molecule has 5 heteroatoms. The number of carbonyl (C=O) groups is 1. The second-order valence-electron chi connectivity index (χ2n) is 4.26. The van der Waals surface area contributed by atoms with Crippen molar-refractivity contribution in [1.82, 2.24) is 4.98 Å². The van der Waals surface area contributed by atoms with E-state index in [0.29, 0.717) is 18.1 Å². The van der Waals surface area contributed by atoms with E-state index in [2.05, 4.69) is 10.3 Å². The van der Waals surface area contributed by atoms with Gasteiger partial charge in [0.15, 0.2) is 0 Å². The Morgan fingerprint density at radius 3 is 2.70 bits per heavy atom. The highest BCUT2D eigenvalue weighted by molar-refractivity contribution is 5.93. The standard InChI is InChI=1S/C15H17N3O2/c1-20-15-13(7-4-8-17-15)18-14(19)9-11-5-2-3-6-12(11)10-16/h2-8H,9-10,16H2,1H3,(H,18,19). The fraction of sp³-hybridized carbons (Fsp3) is 0.200. The fourth-order valence-electron chi connectivity index (χ4n) is 1.95. The number of hydrogen-bond acceptors (Lipinski definition) is 4. The molecule has 0 aliphatic rings. The van der Waals surface area contributed by atoms with Gasteiger partial charge in [-0.15, -0.1) is 0 Å². The third-order valence-electron chi connectivity index (χ3n) is 2.93. The van der Waals surface area contributed by atoms with Gasteiger partial charge in [-0.3, -0.25) is 4.79 Å². The average Bonchev–Trinajstić information content (AvgIpc) is 2.48. The molecule has 1 heterocycles. The molecule has 0 radical (unpaired) electrons. The van der Waals surface area contributed by atoms with Crippen molar-refractivity contribution < 1.29 is 9.53 Å². The van der Waals surface area contributed by atoms with Gasteiger partial charge < -0.3 is 15.8 Å². The van der Waals surface area contributed by atoms with Gasteiger partial charge in [0.1, 0.15) is 5.69 Å². The van der Waals surface area contributed by atoms with Gasteiger partial charge in [0.05, 0.1) is 13.5 Å². The van der Waals surface area contributed by atoms with E-state index in [1.54, 1.807) is 18.3 Å². The molecule has 0 spiro atoms. The Morgan fingerprint density at radius 2 is 2.00 bits per heavy atom. The Bertz CT molecular complexity index is 548. The molecule has 5 nitrogen and oxygen atoms in total. The van der Waals surface area contributed by atoms with Crippen molar-refractivity contribution >= 4 is 11.6 Å². The number of anilines is 1. The molecule has 104 valence electrons. The number of nitrogens with one attached hydrogen (secondary N) is 1. The summed E-state index contributed by atoms with van der Waals surface area (Å²) in [7, 11) is 1.52. The van der Waals surface area contributed by atoms with Crippen LogP contribution in [-0.4, -0.2) is 18.0 Å². The summed E-state index contributed by atoms with van der Waals surface area (Å²) in [5.74, 6) is 0.269. The molecule has 0 fully saturated rings. The minimum absolute atomic E-state index is 0.128. The maximum atomic E-state index is 12.1. The Kier molecular flexibility index (Phi) is 4.68. The van der Waals surface area contributed by atoms with Crippen LogP contribution in [0, 0.1) is 0 Å². The smallest absolute Gasteiger partial charge is 0.237 e. The summed E-state index contributed by atoms with van der Waals surface area (Å²) >= 11 is 0. The Morgan fingerprint density at radius 1 is 1.25 bits per heavy atom. The van der Waals surface area contributed by atoms with E-state index >= 15 is 0 Å². The maximum absolute atomic E-state index is 12.1. The first-order valence-electron chi connectivity index (χ1n) is 6.30. The number of nitrogens with zero attached hydrogens (tertiary/aromatic N) is 1. The predicted molar refractivity (Wildman–Crippen MR) is 77.5 cm³/mol. The summed E-state index contributed by atoms with van der Waals surface area (Å²) in [5.41, 5.74) is 8.12. The van der Waals surface area contributed by atoms with Crippen LogP contribution in [0.15, 0.2) is 42.6 Å². The molecule has 1 aromatic heterocycles. The lowest BCUT2D eigenvalue weighted by atomic mass is 10.0. The molecule has 2 aromatic rings. The number of aromatic nitrogens is 1. The Hall–Kier alpha value is -2.40. The number of benzene rings is 1. The summed E-state index contributed by atoms with van der Waals surface area (Å²) in [6.07, 6.45) is 1.88. The van der Waals surface area contributed by atoms with E-state index in [1.165, 1.54) is 7.11 Å². The Labute approximate surface area is 117 Å². The third-order valence-corrected chi connectivity index (χ3v) is 2.93. The van der Waals surface area contributed by atoms with Gasteiger partial charge in [-0.05, 0) is 23.3 Å². The van der Waals surface area contributed by atoms with Gasteiger partial charge in [0.2, 0.25) is 11.8 Å². The molecule has 0 saturated carbocycles. The molecule has 0 bridgehead atoms. The van der Waals surface area contributed by atoms with Crippen LogP contribution in [-0.2, 0) is 17.8 Å². The molecule has 3 N–H and O–H groups in total. The second-order valence-corrected chi connectivity index (χ2v) is 4.26. The number of methoxy groups -OCH3 is 1. The minimum Gasteiger partial charge on any atom is -0.480 e. The Balaban J connectivity index is 2.09. The van der Waals surface area contributed by atoms with Crippen LogP contribution in [0.5, 0.6) is 5.88 Å². The lowest BCUT2D eigenvalue weighted by molar-refractivity contribution is -0.115. The van der Waals surface area contributed by atoms with Crippen LogP contribution in [0.3, 0.4) is 0 Å². The molecule has 2 rings (SSSR count).